The van der Waals surface area contributed by atoms with E-state index in [0.717, 1.165) is 12.8 Å². The zero-order valence-corrected chi connectivity index (χ0v) is 9.90. The molecular weight excluding hydrogens is 202 g/mol. The fourth-order valence-corrected chi connectivity index (χ4v) is 1.41. The Bertz CT molecular complexity index is 348. The van der Waals surface area contributed by atoms with Gasteiger partial charge in [0.1, 0.15) is 0 Å². The van der Waals surface area contributed by atoms with Gasteiger partial charge in [-0.05, 0) is 37.0 Å². The van der Waals surface area contributed by atoms with Crippen LogP contribution < -0.4 is 5.73 Å². The number of hydrogen-bond donors (Lipinski definition) is 1. The van der Waals surface area contributed by atoms with Gasteiger partial charge in [0, 0.05) is 5.69 Å². The van der Waals surface area contributed by atoms with Crippen molar-refractivity contribution in [1.82, 2.24) is 0 Å². The van der Waals surface area contributed by atoms with Crippen molar-refractivity contribution in [2.24, 2.45) is 5.92 Å². The maximum absolute atomic E-state index is 11.6. The monoisotopic (exact) mass is 221 g/mol. The molecule has 0 radical (unpaired) electrons. The Balaban J connectivity index is 2.35. The molecule has 0 amide bonds. The molecule has 16 heavy (non-hydrogen) atoms. The SMILES string of the molecule is CC(C)CCCOC(=O)c1cccc(N)c1. The second kappa shape index (κ2) is 6.16. The van der Waals surface area contributed by atoms with Crippen molar-refractivity contribution >= 4 is 11.7 Å². The van der Waals surface area contributed by atoms with Crippen molar-refractivity contribution in [1.29, 1.82) is 0 Å². The average Bonchev–Trinajstić information content (AvgIpc) is 2.24. The summed E-state index contributed by atoms with van der Waals surface area (Å²) in [5.41, 5.74) is 6.68. The number of nitrogen functional groups attached to an aromatic ring is 1. The number of rotatable bonds is 5. The first-order chi connectivity index (χ1) is 7.59. The van der Waals surface area contributed by atoms with E-state index < -0.39 is 0 Å². The van der Waals surface area contributed by atoms with E-state index in [0.29, 0.717) is 23.8 Å². The number of carbonyl (C=O) groups excluding carboxylic acids is 1. The van der Waals surface area contributed by atoms with Crippen LogP contribution in [0.25, 0.3) is 0 Å². The zero-order chi connectivity index (χ0) is 12.0. The maximum Gasteiger partial charge on any atom is 0.338 e. The minimum Gasteiger partial charge on any atom is -0.462 e. The maximum atomic E-state index is 11.6. The molecule has 0 aromatic heterocycles. The van der Waals surface area contributed by atoms with E-state index in [2.05, 4.69) is 13.8 Å². The standard InChI is InChI=1S/C13H19NO2/c1-10(2)5-4-8-16-13(15)11-6-3-7-12(14)9-11/h3,6-7,9-10H,4-5,8,14H2,1-2H3. The van der Waals surface area contributed by atoms with Crippen LogP contribution in [0.4, 0.5) is 5.69 Å². The third-order valence-corrected chi connectivity index (χ3v) is 2.28. The normalized spacial score (nSPS) is 10.4. The second-order valence-corrected chi connectivity index (χ2v) is 4.30. The fourth-order valence-electron chi connectivity index (χ4n) is 1.41. The Labute approximate surface area is 96.6 Å². The van der Waals surface area contributed by atoms with Crippen LogP contribution in [0.1, 0.15) is 37.0 Å². The van der Waals surface area contributed by atoms with Crippen molar-refractivity contribution in [2.75, 3.05) is 12.3 Å². The molecule has 0 saturated carbocycles. The highest BCUT2D eigenvalue weighted by atomic mass is 16.5. The van der Waals surface area contributed by atoms with E-state index in [-0.39, 0.29) is 5.97 Å². The Kier molecular flexibility index (Phi) is 4.83. The largest absolute Gasteiger partial charge is 0.462 e. The molecule has 88 valence electrons. The van der Waals surface area contributed by atoms with Gasteiger partial charge in [0.2, 0.25) is 0 Å². The summed E-state index contributed by atoms with van der Waals surface area (Å²) >= 11 is 0. The zero-order valence-electron chi connectivity index (χ0n) is 9.90. The number of benzene rings is 1. The quantitative estimate of drug-likeness (QED) is 0.472. The number of ether oxygens (including phenoxy) is 1. The van der Waals surface area contributed by atoms with Crippen LogP contribution in [-0.4, -0.2) is 12.6 Å². The molecule has 0 heterocycles. The summed E-state index contributed by atoms with van der Waals surface area (Å²) in [6.07, 6.45) is 1.98. The molecule has 0 spiro atoms. The predicted octanol–water partition coefficient (Wildman–Crippen LogP) is 2.86. The van der Waals surface area contributed by atoms with Gasteiger partial charge in [-0.25, -0.2) is 4.79 Å². The summed E-state index contributed by atoms with van der Waals surface area (Å²) in [5, 5.41) is 0. The van der Waals surface area contributed by atoms with Gasteiger partial charge in [0.05, 0.1) is 12.2 Å². The molecule has 3 heteroatoms. The number of nitrogens with two attached hydrogens (primary N) is 1. The summed E-state index contributed by atoms with van der Waals surface area (Å²) in [6, 6.07) is 6.83. The number of esters is 1. The molecule has 2 N–H and O–H groups in total. The summed E-state index contributed by atoms with van der Waals surface area (Å²) in [6.45, 7) is 4.78. The van der Waals surface area contributed by atoms with Crippen molar-refractivity contribution in [3.8, 4) is 0 Å². The highest BCUT2D eigenvalue weighted by Gasteiger charge is 2.06. The third kappa shape index (κ3) is 4.34. The van der Waals surface area contributed by atoms with Gasteiger partial charge in [-0.1, -0.05) is 19.9 Å². The van der Waals surface area contributed by atoms with Gasteiger partial charge >= 0.3 is 5.97 Å². The molecule has 0 saturated heterocycles. The summed E-state index contributed by atoms with van der Waals surface area (Å²) in [4.78, 5) is 11.6. The van der Waals surface area contributed by atoms with Crippen LogP contribution in [0.15, 0.2) is 24.3 Å². The van der Waals surface area contributed by atoms with Gasteiger partial charge in [0.25, 0.3) is 0 Å². The predicted molar refractivity (Wildman–Crippen MR) is 65.2 cm³/mol. The lowest BCUT2D eigenvalue weighted by Crippen LogP contribution is -2.07. The first kappa shape index (κ1) is 12.6. The number of hydrogen-bond acceptors (Lipinski definition) is 3. The van der Waals surface area contributed by atoms with E-state index in [1.807, 2.05) is 0 Å². The topological polar surface area (TPSA) is 52.3 Å². The molecule has 3 nitrogen and oxygen atoms in total. The highest BCUT2D eigenvalue weighted by Crippen LogP contribution is 2.09. The molecule has 1 rings (SSSR count). The van der Waals surface area contributed by atoms with Gasteiger partial charge in [-0.15, -0.1) is 0 Å². The molecule has 0 aliphatic heterocycles. The van der Waals surface area contributed by atoms with Gasteiger partial charge in [0.15, 0.2) is 0 Å². The van der Waals surface area contributed by atoms with Crippen LogP contribution in [0.5, 0.6) is 0 Å². The molecule has 0 bridgehead atoms. The molecule has 0 aliphatic rings. The van der Waals surface area contributed by atoms with Crippen LogP contribution >= 0.6 is 0 Å². The van der Waals surface area contributed by atoms with E-state index in [1.54, 1.807) is 24.3 Å². The summed E-state index contributed by atoms with van der Waals surface area (Å²) in [5.74, 6) is 0.349. The van der Waals surface area contributed by atoms with Gasteiger partial charge in [-0.3, -0.25) is 0 Å². The smallest absolute Gasteiger partial charge is 0.338 e. The molecule has 0 unspecified atom stereocenters. The van der Waals surface area contributed by atoms with Gasteiger partial charge in [-0.2, -0.15) is 0 Å². The molecule has 1 aromatic carbocycles. The second-order valence-electron chi connectivity index (χ2n) is 4.30. The molecule has 0 aliphatic carbocycles. The van der Waals surface area contributed by atoms with Crippen LogP contribution in [0.3, 0.4) is 0 Å². The highest BCUT2D eigenvalue weighted by molar-refractivity contribution is 5.90. The first-order valence-corrected chi connectivity index (χ1v) is 5.62. The Hall–Kier alpha value is -1.51. The molecule has 1 aromatic rings. The minimum atomic E-state index is -0.295. The minimum absolute atomic E-state index is 0.295. The van der Waals surface area contributed by atoms with E-state index in [9.17, 15) is 4.79 Å². The lowest BCUT2D eigenvalue weighted by Gasteiger charge is -2.06. The van der Waals surface area contributed by atoms with Crippen molar-refractivity contribution < 1.29 is 9.53 Å². The Morgan fingerprint density at radius 2 is 2.19 bits per heavy atom. The third-order valence-electron chi connectivity index (χ3n) is 2.28. The first-order valence-electron chi connectivity index (χ1n) is 5.62. The molecule has 0 atom stereocenters. The van der Waals surface area contributed by atoms with E-state index >= 15 is 0 Å². The van der Waals surface area contributed by atoms with Crippen LogP contribution in [0, 0.1) is 5.92 Å². The Morgan fingerprint density at radius 1 is 1.44 bits per heavy atom. The Morgan fingerprint density at radius 3 is 2.81 bits per heavy atom. The fraction of sp³-hybridized carbons (Fsp3) is 0.462. The number of anilines is 1. The van der Waals surface area contributed by atoms with Crippen molar-refractivity contribution in [3.05, 3.63) is 29.8 Å². The molecule has 0 fully saturated rings. The lowest BCUT2D eigenvalue weighted by molar-refractivity contribution is 0.0495. The van der Waals surface area contributed by atoms with Crippen LogP contribution in [-0.2, 0) is 4.74 Å². The van der Waals surface area contributed by atoms with E-state index in [4.69, 9.17) is 10.5 Å². The summed E-state index contributed by atoms with van der Waals surface area (Å²) in [7, 11) is 0. The van der Waals surface area contributed by atoms with Crippen LogP contribution in [0.2, 0.25) is 0 Å². The van der Waals surface area contributed by atoms with Crippen molar-refractivity contribution in [2.45, 2.75) is 26.7 Å². The number of carbonyl (C=O) groups is 1. The average molecular weight is 221 g/mol. The van der Waals surface area contributed by atoms with E-state index in [1.165, 1.54) is 0 Å². The lowest BCUT2D eigenvalue weighted by atomic mass is 10.1. The van der Waals surface area contributed by atoms with Gasteiger partial charge < -0.3 is 10.5 Å². The van der Waals surface area contributed by atoms with Crippen molar-refractivity contribution in [3.63, 3.8) is 0 Å². The molecular formula is C13H19NO2. The summed E-state index contributed by atoms with van der Waals surface area (Å²) < 4.78 is 5.14.